The molecule has 1 amide bonds. The third-order valence-electron chi connectivity index (χ3n) is 3.37. The van der Waals surface area contributed by atoms with Gasteiger partial charge >= 0.3 is 5.97 Å². The molecule has 2 unspecified atom stereocenters. The van der Waals surface area contributed by atoms with E-state index in [0.29, 0.717) is 23.3 Å². The first-order valence-electron chi connectivity index (χ1n) is 6.19. The molecule has 3 N–H and O–H groups in total. The Kier molecular flexibility index (Phi) is 2.89. The molecule has 0 saturated heterocycles. The lowest BCUT2D eigenvalue weighted by Gasteiger charge is -2.01. The van der Waals surface area contributed by atoms with Crippen molar-refractivity contribution in [1.82, 2.24) is 15.3 Å². The number of H-pyrrole nitrogens is 1. The number of carbonyl (C=O) groups excluding carboxylic acids is 1. The van der Waals surface area contributed by atoms with E-state index in [1.165, 1.54) is 12.1 Å². The Hall–Kier alpha value is -2.44. The first-order valence-corrected chi connectivity index (χ1v) is 6.19. The zero-order valence-corrected chi connectivity index (χ0v) is 10.4. The molecule has 1 aromatic carbocycles. The molecule has 2 atom stereocenters. The number of fused-ring (bicyclic) bond motifs is 1. The molecular formula is C13H12FN3O3. The molecule has 3 rings (SSSR count). The molecule has 2 aromatic rings. The average Bonchev–Trinajstić information content (AvgIpc) is 3.11. The van der Waals surface area contributed by atoms with Crippen LogP contribution in [0.25, 0.3) is 11.0 Å². The van der Waals surface area contributed by atoms with E-state index in [4.69, 9.17) is 5.11 Å². The van der Waals surface area contributed by atoms with Crippen molar-refractivity contribution in [1.29, 1.82) is 0 Å². The largest absolute Gasteiger partial charge is 0.481 e. The van der Waals surface area contributed by atoms with Crippen LogP contribution in [-0.4, -0.2) is 27.0 Å². The van der Waals surface area contributed by atoms with Crippen LogP contribution in [0, 0.1) is 17.7 Å². The smallest absolute Gasteiger partial charge is 0.307 e. The lowest BCUT2D eigenvalue weighted by Crippen LogP contribution is -2.26. The summed E-state index contributed by atoms with van der Waals surface area (Å²) in [5.74, 6) is -2.10. The number of carbonyl (C=O) groups is 2. The molecule has 0 spiro atoms. The van der Waals surface area contributed by atoms with Crippen LogP contribution in [0.1, 0.15) is 12.2 Å². The van der Waals surface area contributed by atoms with Crippen molar-refractivity contribution in [3.8, 4) is 0 Å². The van der Waals surface area contributed by atoms with Gasteiger partial charge in [0.2, 0.25) is 5.91 Å². The van der Waals surface area contributed by atoms with Crippen LogP contribution < -0.4 is 5.32 Å². The zero-order chi connectivity index (χ0) is 14.3. The van der Waals surface area contributed by atoms with Gasteiger partial charge in [-0.1, -0.05) is 0 Å². The normalized spacial score (nSPS) is 20.9. The third-order valence-corrected chi connectivity index (χ3v) is 3.37. The van der Waals surface area contributed by atoms with Gasteiger partial charge in [-0.15, -0.1) is 0 Å². The summed E-state index contributed by atoms with van der Waals surface area (Å²) in [6, 6.07) is 4.19. The number of halogens is 1. The van der Waals surface area contributed by atoms with Gasteiger partial charge < -0.3 is 15.4 Å². The number of carboxylic acids is 1. The number of nitrogens with zero attached hydrogens (tertiary/aromatic N) is 1. The second-order valence-electron chi connectivity index (χ2n) is 4.85. The Morgan fingerprint density at radius 1 is 1.45 bits per heavy atom. The van der Waals surface area contributed by atoms with Crippen LogP contribution in [0.5, 0.6) is 0 Å². The molecular weight excluding hydrogens is 265 g/mol. The van der Waals surface area contributed by atoms with E-state index < -0.39 is 17.8 Å². The summed E-state index contributed by atoms with van der Waals surface area (Å²) in [5.41, 5.74) is 1.18. The van der Waals surface area contributed by atoms with Gasteiger partial charge in [-0.05, 0) is 24.6 Å². The van der Waals surface area contributed by atoms with Gasteiger partial charge in [0.05, 0.1) is 29.4 Å². The highest BCUT2D eigenvalue weighted by atomic mass is 19.1. The Bertz CT molecular complexity index is 697. The maximum absolute atomic E-state index is 13.0. The van der Waals surface area contributed by atoms with Crippen molar-refractivity contribution in [3.63, 3.8) is 0 Å². The van der Waals surface area contributed by atoms with E-state index in [9.17, 15) is 14.0 Å². The van der Waals surface area contributed by atoms with E-state index >= 15 is 0 Å². The Labute approximate surface area is 113 Å². The van der Waals surface area contributed by atoms with Crippen LogP contribution in [0.2, 0.25) is 0 Å². The minimum Gasteiger partial charge on any atom is -0.481 e. The minimum atomic E-state index is -0.940. The molecule has 1 fully saturated rings. The van der Waals surface area contributed by atoms with Crippen molar-refractivity contribution in [3.05, 3.63) is 29.8 Å². The molecule has 1 aliphatic carbocycles. The second-order valence-corrected chi connectivity index (χ2v) is 4.85. The predicted molar refractivity (Wildman–Crippen MR) is 67.1 cm³/mol. The van der Waals surface area contributed by atoms with E-state index in [1.807, 2.05) is 0 Å². The summed E-state index contributed by atoms with van der Waals surface area (Å²) in [5, 5.41) is 11.4. The monoisotopic (exact) mass is 277 g/mol. The molecule has 6 nitrogen and oxygen atoms in total. The van der Waals surface area contributed by atoms with Gasteiger partial charge in [-0.2, -0.15) is 0 Å². The summed E-state index contributed by atoms with van der Waals surface area (Å²) in [6.07, 6.45) is 0.381. The molecule has 1 heterocycles. The van der Waals surface area contributed by atoms with Crippen LogP contribution in [-0.2, 0) is 16.1 Å². The van der Waals surface area contributed by atoms with Gasteiger partial charge in [-0.25, -0.2) is 9.37 Å². The number of hydrogen-bond donors (Lipinski definition) is 3. The summed E-state index contributed by atoms with van der Waals surface area (Å²) in [7, 11) is 0. The predicted octanol–water partition coefficient (Wildman–Crippen LogP) is 1.04. The number of carboxylic acid groups (broad SMARTS) is 1. The van der Waals surface area contributed by atoms with E-state index in [0.717, 1.165) is 0 Å². The number of amides is 1. The molecule has 0 bridgehead atoms. The number of imidazole rings is 1. The molecule has 20 heavy (non-hydrogen) atoms. The summed E-state index contributed by atoms with van der Waals surface area (Å²) in [4.78, 5) is 29.5. The van der Waals surface area contributed by atoms with Gasteiger partial charge in [0.1, 0.15) is 11.6 Å². The first-order chi connectivity index (χ1) is 9.54. The topological polar surface area (TPSA) is 95.1 Å². The molecule has 1 aliphatic rings. The molecule has 104 valence electrons. The third kappa shape index (κ3) is 2.34. The van der Waals surface area contributed by atoms with E-state index in [2.05, 4.69) is 15.3 Å². The SMILES string of the molecule is O=C(O)C1CC1C(=O)NCc1nc2ccc(F)cc2[nH]1. The van der Waals surface area contributed by atoms with Crippen LogP contribution in [0.4, 0.5) is 4.39 Å². The molecule has 0 aliphatic heterocycles. The molecule has 1 aromatic heterocycles. The lowest BCUT2D eigenvalue weighted by molar-refractivity contribution is -0.140. The van der Waals surface area contributed by atoms with Gasteiger partial charge in [0.25, 0.3) is 0 Å². The number of nitrogens with one attached hydrogen (secondary N) is 2. The average molecular weight is 277 g/mol. The fourth-order valence-electron chi connectivity index (χ4n) is 2.18. The first kappa shape index (κ1) is 12.6. The van der Waals surface area contributed by atoms with E-state index in [-0.39, 0.29) is 18.3 Å². The Morgan fingerprint density at radius 2 is 2.25 bits per heavy atom. The molecule has 7 heteroatoms. The van der Waals surface area contributed by atoms with Crippen molar-refractivity contribution in [2.45, 2.75) is 13.0 Å². The standard InChI is InChI=1S/C13H12FN3O3/c14-6-1-2-9-10(3-6)17-11(16-9)5-15-12(18)7-4-8(7)13(19)20/h1-3,7-8H,4-5H2,(H,15,18)(H,16,17)(H,19,20). The van der Waals surface area contributed by atoms with Crippen molar-refractivity contribution < 1.29 is 19.1 Å². The number of aromatic amines is 1. The number of aromatic nitrogens is 2. The van der Waals surface area contributed by atoms with Crippen molar-refractivity contribution in [2.24, 2.45) is 11.8 Å². The summed E-state index contributed by atoms with van der Waals surface area (Å²) in [6.45, 7) is 0.165. The summed E-state index contributed by atoms with van der Waals surface area (Å²) >= 11 is 0. The van der Waals surface area contributed by atoms with E-state index in [1.54, 1.807) is 6.07 Å². The highest BCUT2D eigenvalue weighted by Crippen LogP contribution is 2.38. The fourth-order valence-corrected chi connectivity index (χ4v) is 2.18. The zero-order valence-electron chi connectivity index (χ0n) is 10.4. The van der Waals surface area contributed by atoms with Gasteiger partial charge in [0, 0.05) is 0 Å². The fraction of sp³-hybridized carbons (Fsp3) is 0.308. The summed E-state index contributed by atoms with van der Waals surface area (Å²) < 4.78 is 13.0. The van der Waals surface area contributed by atoms with Crippen LogP contribution >= 0.6 is 0 Å². The number of rotatable bonds is 4. The van der Waals surface area contributed by atoms with Crippen LogP contribution in [0.15, 0.2) is 18.2 Å². The van der Waals surface area contributed by atoms with Gasteiger partial charge in [0.15, 0.2) is 0 Å². The number of hydrogen-bond acceptors (Lipinski definition) is 3. The Morgan fingerprint density at radius 3 is 2.95 bits per heavy atom. The second kappa shape index (κ2) is 4.59. The highest BCUT2D eigenvalue weighted by Gasteiger charge is 2.48. The quantitative estimate of drug-likeness (QED) is 0.778. The Balaban J connectivity index is 1.63. The molecule has 0 radical (unpaired) electrons. The maximum Gasteiger partial charge on any atom is 0.307 e. The van der Waals surface area contributed by atoms with Crippen LogP contribution in [0.3, 0.4) is 0 Å². The molecule has 1 saturated carbocycles. The lowest BCUT2D eigenvalue weighted by atomic mass is 10.3. The number of benzene rings is 1. The maximum atomic E-state index is 13.0. The van der Waals surface area contributed by atoms with Gasteiger partial charge in [-0.3, -0.25) is 9.59 Å². The number of aliphatic carboxylic acids is 1. The highest BCUT2D eigenvalue weighted by molar-refractivity contribution is 5.89. The van der Waals surface area contributed by atoms with Crippen molar-refractivity contribution >= 4 is 22.9 Å². The minimum absolute atomic E-state index is 0.165. The van der Waals surface area contributed by atoms with Crippen molar-refractivity contribution in [2.75, 3.05) is 0 Å².